The SMILES string of the molecule is C.Cc1cc(C)cc(N)c1.Cc1ccc(C)c(N)c1.Cc1ccc(N)c(C)c1. The molecule has 28 heavy (non-hydrogen) atoms. The Balaban J connectivity index is 0.000000384. The lowest BCUT2D eigenvalue weighted by Gasteiger charge is -1.98. The van der Waals surface area contributed by atoms with E-state index >= 15 is 0 Å². The molecule has 0 unspecified atom stereocenters. The van der Waals surface area contributed by atoms with E-state index in [2.05, 4.69) is 25.1 Å². The maximum Gasteiger partial charge on any atom is 0.0346 e. The predicted octanol–water partition coefficient (Wildman–Crippen LogP) is 6.29. The summed E-state index contributed by atoms with van der Waals surface area (Å²) in [5.41, 5.74) is 26.6. The van der Waals surface area contributed by atoms with E-state index in [0.29, 0.717) is 0 Å². The third-order valence-corrected chi connectivity index (χ3v) is 4.10. The second kappa shape index (κ2) is 11.7. The van der Waals surface area contributed by atoms with Crippen molar-refractivity contribution in [3.63, 3.8) is 0 Å². The molecule has 0 heterocycles. The first kappa shape index (κ1) is 25.1. The summed E-state index contributed by atoms with van der Waals surface area (Å²) in [4.78, 5) is 0. The van der Waals surface area contributed by atoms with Gasteiger partial charge in [0.15, 0.2) is 0 Å². The van der Waals surface area contributed by atoms with E-state index < -0.39 is 0 Å². The highest BCUT2D eigenvalue weighted by atomic mass is 14.6. The lowest BCUT2D eigenvalue weighted by molar-refractivity contribution is 1.39. The van der Waals surface area contributed by atoms with Crippen molar-refractivity contribution in [2.45, 2.75) is 49.0 Å². The molecule has 3 heteroatoms. The highest BCUT2D eigenvalue weighted by Crippen LogP contribution is 2.12. The second-order valence-electron chi connectivity index (χ2n) is 7.14. The summed E-state index contributed by atoms with van der Waals surface area (Å²) in [6, 6.07) is 18.1. The van der Waals surface area contributed by atoms with Gasteiger partial charge < -0.3 is 17.2 Å². The van der Waals surface area contributed by atoms with Crippen LogP contribution in [0, 0.1) is 41.5 Å². The smallest absolute Gasteiger partial charge is 0.0346 e. The summed E-state index contributed by atoms with van der Waals surface area (Å²) in [6.45, 7) is 12.2. The van der Waals surface area contributed by atoms with Gasteiger partial charge in [0.25, 0.3) is 0 Å². The fourth-order valence-electron chi connectivity index (χ4n) is 2.60. The van der Waals surface area contributed by atoms with Crippen LogP contribution in [0.25, 0.3) is 0 Å². The molecule has 0 amide bonds. The molecule has 0 saturated heterocycles. The minimum absolute atomic E-state index is 0. The molecular weight excluding hydrogens is 342 g/mol. The molecule has 0 bridgehead atoms. The van der Waals surface area contributed by atoms with Crippen LogP contribution in [0.15, 0.2) is 54.6 Å². The van der Waals surface area contributed by atoms with Gasteiger partial charge >= 0.3 is 0 Å². The van der Waals surface area contributed by atoms with Crippen molar-refractivity contribution in [3.8, 4) is 0 Å². The first-order chi connectivity index (χ1) is 12.6. The molecule has 152 valence electrons. The first-order valence-corrected chi connectivity index (χ1v) is 9.07. The van der Waals surface area contributed by atoms with Gasteiger partial charge in [0.05, 0.1) is 0 Å². The first-order valence-electron chi connectivity index (χ1n) is 9.07. The third-order valence-electron chi connectivity index (χ3n) is 4.10. The van der Waals surface area contributed by atoms with E-state index in [1.54, 1.807) is 0 Å². The maximum atomic E-state index is 5.62. The summed E-state index contributed by atoms with van der Waals surface area (Å²) < 4.78 is 0. The van der Waals surface area contributed by atoms with Crippen molar-refractivity contribution in [3.05, 3.63) is 88.0 Å². The number of aryl methyl sites for hydroxylation is 6. The molecule has 0 atom stereocenters. The monoisotopic (exact) mass is 379 g/mol. The fourth-order valence-corrected chi connectivity index (χ4v) is 2.60. The average molecular weight is 380 g/mol. The molecule has 0 aromatic heterocycles. The number of hydrogen-bond acceptors (Lipinski definition) is 3. The molecule has 3 rings (SSSR count). The van der Waals surface area contributed by atoms with Gasteiger partial charge in [-0.05, 0) is 93.6 Å². The van der Waals surface area contributed by atoms with E-state index in [4.69, 9.17) is 17.2 Å². The molecule has 0 aliphatic carbocycles. The van der Waals surface area contributed by atoms with Crippen molar-refractivity contribution < 1.29 is 0 Å². The number of nitrogen functional groups attached to an aromatic ring is 3. The van der Waals surface area contributed by atoms with Crippen LogP contribution in [0.3, 0.4) is 0 Å². The molecule has 3 aromatic rings. The molecular formula is C25H37N3. The van der Waals surface area contributed by atoms with Gasteiger partial charge in [-0.25, -0.2) is 0 Å². The van der Waals surface area contributed by atoms with E-state index in [1.165, 1.54) is 22.3 Å². The lowest BCUT2D eigenvalue weighted by atomic mass is 10.1. The molecule has 3 nitrogen and oxygen atoms in total. The van der Waals surface area contributed by atoms with Crippen molar-refractivity contribution in [2.24, 2.45) is 0 Å². The van der Waals surface area contributed by atoms with Crippen LogP contribution in [-0.4, -0.2) is 0 Å². The summed E-state index contributed by atoms with van der Waals surface area (Å²) in [5, 5.41) is 0. The van der Waals surface area contributed by atoms with Crippen LogP contribution in [0.2, 0.25) is 0 Å². The van der Waals surface area contributed by atoms with Gasteiger partial charge in [-0.15, -0.1) is 0 Å². The quantitative estimate of drug-likeness (QED) is 0.401. The number of benzene rings is 3. The van der Waals surface area contributed by atoms with Crippen molar-refractivity contribution in [1.82, 2.24) is 0 Å². The zero-order valence-corrected chi connectivity index (χ0v) is 17.4. The number of anilines is 3. The van der Waals surface area contributed by atoms with Gasteiger partial charge in [-0.2, -0.15) is 0 Å². The Labute approximate surface area is 171 Å². The van der Waals surface area contributed by atoms with Crippen molar-refractivity contribution >= 4 is 17.1 Å². The van der Waals surface area contributed by atoms with Gasteiger partial charge in [-0.1, -0.05) is 43.3 Å². The number of hydrogen-bond donors (Lipinski definition) is 3. The largest absolute Gasteiger partial charge is 0.399 e. The zero-order valence-electron chi connectivity index (χ0n) is 17.4. The van der Waals surface area contributed by atoms with E-state index in [-0.39, 0.29) is 7.43 Å². The van der Waals surface area contributed by atoms with Gasteiger partial charge in [0.2, 0.25) is 0 Å². The summed E-state index contributed by atoms with van der Waals surface area (Å²) in [5.74, 6) is 0. The standard InChI is InChI=1S/3C8H11N.CH4/c1-6-3-7(2)5-8(9)4-6;1-6-3-4-8(9)7(2)5-6;1-6-3-4-7(2)8(9)5-6;/h3*3-5H,9H2,1-2H3;1H4. The molecule has 0 aliphatic heterocycles. The Bertz CT molecular complexity index is 783. The molecule has 3 aromatic carbocycles. The molecule has 0 saturated carbocycles. The lowest BCUT2D eigenvalue weighted by Crippen LogP contribution is -1.88. The van der Waals surface area contributed by atoms with Crippen LogP contribution < -0.4 is 17.2 Å². The topological polar surface area (TPSA) is 78.1 Å². The fraction of sp³-hybridized carbons (Fsp3) is 0.280. The van der Waals surface area contributed by atoms with Crippen LogP contribution in [0.1, 0.15) is 40.8 Å². The average Bonchev–Trinajstić information content (AvgIpc) is 2.55. The predicted molar refractivity (Wildman–Crippen MR) is 128 cm³/mol. The second-order valence-corrected chi connectivity index (χ2v) is 7.14. The summed E-state index contributed by atoms with van der Waals surface area (Å²) in [7, 11) is 0. The third kappa shape index (κ3) is 9.13. The number of rotatable bonds is 0. The van der Waals surface area contributed by atoms with Gasteiger partial charge in [0, 0.05) is 17.1 Å². The molecule has 0 radical (unpaired) electrons. The molecule has 0 fully saturated rings. The summed E-state index contributed by atoms with van der Waals surface area (Å²) in [6.07, 6.45) is 0. The van der Waals surface area contributed by atoms with Gasteiger partial charge in [-0.3, -0.25) is 0 Å². The highest BCUT2D eigenvalue weighted by Gasteiger charge is 1.90. The highest BCUT2D eigenvalue weighted by molar-refractivity contribution is 5.48. The van der Waals surface area contributed by atoms with Crippen LogP contribution in [0.4, 0.5) is 17.1 Å². The molecule has 0 spiro atoms. The normalized spacial score (nSPS) is 9.21. The van der Waals surface area contributed by atoms with E-state index in [9.17, 15) is 0 Å². The summed E-state index contributed by atoms with van der Waals surface area (Å²) >= 11 is 0. The Morgan fingerprint density at radius 1 is 0.464 bits per heavy atom. The van der Waals surface area contributed by atoms with E-state index in [1.807, 2.05) is 71.0 Å². The minimum Gasteiger partial charge on any atom is -0.399 e. The Kier molecular flexibility index (Phi) is 10.5. The van der Waals surface area contributed by atoms with Crippen molar-refractivity contribution in [1.29, 1.82) is 0 Å². The Morgan fingerprint density at radius 2 is 0.964 bits per heavy atom. The maximum absolute atomic E-state index is 5.62. The molecule has 0 aliphatic rings. The molecule has 6 N–H and O–H groups in total. The zero-order chi connectivity index (χ0) is 20.6. The number of nitrogens with two attached hydrogens (primary N) is 3. The van der Waals surface area contributed by atoms with E-state index in [0.717, 1.165) is 28.2 Å². The minimum atomic E-state index is 0. The van der Waals surface area contributed by atoms with Gasteiger partial charge in [0.1, 0.15) is 0 Å². The van der Waals surface area contributed by atoms with Crippen LogP contribution in [-0.2, 0) is 0 Å². The Morgan fingerprint density at radius 3 is 1.36 bits per heavy atom. The van der Waals surface area contributed by atoms with Crippen LogP contribution in [0.5, 0.6) is 0 Å². The van der Waals surface area contributed by atoms with Crippen molar-refractivity contribution in [2.75, 3.05) is 17.2 Å². The Hall–Kier alpha value is -2.94. The van der Waals surface area contributed by atoms with Crippen LogP contribution >= 0.6 is 0 Å².